The molecule has 2 rings (SSSR count). The van der Waals surface area contributed by atoms with Crippen LogP contribution >= 0.6 is 35.7 Å². The normalized spacial score (nSPS) is 18.3. The third-order valence-electron chi connectivity index (χ3n) is 3.84. The monoisotopic (exact) mass is 513 g/mol. The first-order valence-electron chi connectivity index (χ1n) is 8.61. The van der Waals surface area contributed by atoms with E-state index in [-0.39, 0.29) is 35.4 Å². The van der Waals surface area contributed by atoms with E-state index in [0.29, 0.717) is 11.8 Å². The van der Waals surface area contributed by atoms with Crippen molar-refractivity contribution in [3.8, 4) is 0 Å². The van der Waals surface area contributed by atoms with Gasteiger partial charge in [-0.15, -0.1) is 24.0 Å². The molecule has 10 heteroatoms. The highest BCUT2D eigenvalue weighted by Crippen LogP contribution is 2.21. The Kier molecular flexibility index (Phi) is 10.8. The zero-order chi connectivity index (χ0) is 18.1. The molecule has 0 radical (unpaired) electrons. The molecule has 0 saturated carbocycles. The maximum Gasteiger partial charge on any atom is 0.242 e. The predicted molar refractivity (Wildman–Crippen MR) is 119 cm³/mol. The summed E-state index contributed by atoms with van der Waals surface area (Å²) < 4.78 is 26.9. The highest BCUT2D eigenvalue weighted by Gasteiger charge is 2.21. The summed E-state index contributed by atoms with van der Waals surface area (Å²) in [5.41, 5.74) is 0. The molecule has 0 amide bonds. The maximum atomic E-state index is 12.2. The second-order valence-electron chi connectivity index (χ2n) is 5.67. The van der Waals surface area contributed by atoms with Crippen molar-refractivity contribution in [3.05, 3.63) is 24.5 Å². The van der Waals surface area contributed by atoms with Crippen LogP contribution in [0.25, 0.3) is 0 Å². The van der Waals surface area contributed by atoms with Crippen LogP contribution in [-0.2, 0) is 10.0 Å². The smallest absolute Gasteiger partial charge is 0.242 e. The fourth-order valence-corrected chi connectivity index (χ4v) is 4.68. The van der Waals surface area contributed by atoms with Gasteiger partial charge in [0.05, 0.1) is 6.54 Å². The zero-order valence-electron chi connectivity index (χ0n) is 15.2. The SMILES string of the molecule is CCNC(=NCCNS(=O)(=O)c1cccnc1)N1CCSC(CC)C1.I. The van der Waals surface area contributed by atoms with Crippen molar-refractivity contribution in [1.82, 2.24) is 19.9 Å². The minimum absolute atomic E-state index is 0. The van der Waals surface area contributed by atoms with Crippen molar-refractivity contribution >= 4 is 51.7 Å². The van der Waals surface area contributed by atoms with Crippen molar-refractivity contribution in [2.45, 2.75) is 30.4 Å². The Morgan fingerprint density at radius 3 is 2.92 bits per heavy atom. The van der Waals surface area contributed by atoms with E-state index < -0.39 is 10.0 Å². The van der Waals surface area contributed by atoms with Crippen molar-refractivity contribution < 1.29 is 8.42 Å². The summed E-state index contributed by atoms with van der Waals surface area (Å²) in [6.07, 6.45) is 4.03. The summed E-state index contributed by atoms with van der Waals surface area (Å²) in [6, 6.07) is 3.13. The van der Waals surface area contributed by atoms with Gasteiger partial charge in [-0.2, -0.15) is 11.8 Å². The molecule has 1 atom stereocenters. The lowest BCUT2D eigenvalue weighted by Crippen LogP contribution is -2.48. The van der Waals surface area contributed by atoms with Crippen LogP contribution in [0.4, 0.5) is 0 Å². The van der Waals surface area contributed by atoms with Crippen LogP contribution in [0.2, 0.25) is 0 Å². The molecule has 1 saturated heterocycles. The molecule has 0 spiro atoms. The van der Waals surface area contributed by atoms with Gasteiger partial charge in [-0.1, -0.05) is 6.92 Å². The van der Waals surface area contributed by atoms with E-state index >= 15 is 0 Å². The van der Waals surface area contributed by atoms with Gasteiger partial charge in [0.15, 0.2) is 5.96 Å². The number of pyridine rings is 1. The van der Waals surface area contributed by atoms with E-state index in [0.717, 1.165) is 37.8 Å². The van der Waals surface area contributed by atoms with E-state index in [1.165, 1.54) is 12.3 Å². The lowest BCUT2D eigenvalue weighted by Gasteiger charge is -2.34. The topological polar surface area (TPSA) is 86.7 Å². The molecular formula is C16H28IN5O2S2. The maximum absolute atomic E-state index is 12.2. The predicted octanol–water partition coefficient (Wildman–Crippen LogP) is 1.77. The van der Waals surface area contributed by atoms with Crippen LogP contribution in [0, 0.1) is 0 Å². The quantitative estimate of drug-likeness (QED) is 0.250. The first kappa shape index (κ1) is 23.4. The number of aliphatic imine (C=N–C) groups is 1. The van der Waals surface area contributed by atoms with E-state index in [1.54, 1.807) is 12.3 Å². The third kappa shape index (κ3) is 7.20. The van der Waals surface area contributed by atoms with Gasteiger partial charge in [0.2, 0.25) is 10.0 Å². The van der Waals surface area contributed by atoms with E-state index in [4.69, 9.17) is 0 Å². The summed E-state index contributed by atoms with van der Waals surface area (Å²) in [7, 11) is -3.53. The molecule has 0 aromatic carbocycles. The Bertz CT molecular complexity index is 658. The number of guanidine groups is 1. The lowest BCUT2D eigenvalue weighted by atomic mass is 10.3. The first-order valence-corrected chi connectivity index (χ1v) is 11.1. The number of hydrogen-bond acceptors (Lipinski definition) is 5. The van der Waals surface area contributed by atoms with Crippen LogP contribution in [0.1, 0.15) is 20.3 Å². The third-order valence-corrected chi connectivity index (χ3v) is 6.66. The fraction of sp³-hybridized carbons (Fsp3) is 0.625. The standard InChI is InChI=1S/C16H27N5O2S2.HI/c1-3-14-13-21(10-11-24-14)16(18-4-2)19-8-9-20-25(22,23)15-6-5-7-17-12-15;/h5-7,12,14,20H,3-4,8-11,13H2,1-2H3,(H,18,19);1H. The van der Waals surface area contributed by atoms with Crippen molar-refractivity contribution in [2.24, 2.45) is 4.99 Å². The average Bonchev–Trinajstić information content (AvgIpc) is 2.65. The van der Waals surface area contributed by atoms with Crippen LogP contribution in [-0.4, -0.2) is 68.0 Å². The number of hydrogen-bond donors (Lipinski definition) is 2. The van der Waals surface area contributed by atoms with Gasteiger partial charge < -0.3 is 10.2 Å². The van der Waals surface area contributed by atoms with Gasteiger partial charge in [0, 0.05) is 49.6 Å². The number of nitrogens with one attached hydrogen (secondary N) is 2. The highest BCUT2D eigenvalue weighted by molar-refractivity contribution is 14.0. The second-order valence-corrected chi connectivity index (χ2v) is 8.84. The van der Waals surface area contributed by atoms with E-state index in [1.807, 2.05) is 18.7 Å². The van der Waals surface area contributed by atoms with Crippen LogP contribution in [0.15, 0.2) is 34.4 Å². The molecule has 0 bridgehead atoms. The molecular weight excluding hydrogens is 485 g/mol. The van der Waals surface area contributed by atoms with Crippen LogP contribution in [0.5, 0.6) is 0 Å². The second kappa shape index (κ2) is 12.0. The Balaban J connectivity index is 0.00000338. The molecule has 1 unspecified atom stereocenters. The molecule has 7 nitrogen and oxygen atoms in total. The Labute approximate surface area is 177 Å². The van der Waals surface area contributed by atoms with Crippen molar-refractivity contribution in [1.29, 1.82) is 0 Å². The summed E-state index contributed by atoms with van der Waals surface area (Å²) in [6.45, 7) is 7.63. The van der Waals surface area contributed by atoms with Crippen LogP contribution < -0.4 is 10.0 Å². The Hall–Kier alpha value is -0.590. The lowest BCUT2D eigenvalue weighted by molar-refractivity contribution is 0.408. The summed E-state index contributed by atoms with van der Waals surface area (Å²) in [5, 5.41) is 3.93. The first-order chi connectivity index (χ1) is 12.1. The number of sulfonamides is 1. The molecule has 2 heterocycles. The molecule has 1 fully saturated rings. The van der Waals surface area contributed by atoms with Gasteiger partial charge in [-0.25, -0.2) is 13.1 Å². The van der Waals surface area contributed by atoms with E-state index in [2.05, 4.69) is 31.8 Å². The summed E-state index contributed by atoms with van der Waals surface area (Å²) >= 11 is 2.01. The van der Waals surface area contributed by atoms with Gasteiger partial charge in [0.25, 0.3) is 0 Å². The minimum Gasteiger partial charge on any atom is -0.357 e. The summed E-state index contributed by atoms with van der Waals surface area (Å²) in [5.74, 6) is 1.96. The van der Waals surface area contributed by atoms with Gasteiger partial charge in [-0.05, 0) is 25.5 Å². The van der Waals surface area contributed by atoms with Gasteiger partial charge >= 0.3 is 0 Å². The van der Waals surface area contributed by atoms with Gasteiger partial charge in [-0.3, -0.25) is 9.98 Å². The number of halogens is 1. The molecule has 0 aliphatic carbocycles. The molecule has 1 aromatic rings. The van der Waals surface area contributed by atoms with Crippen LogP contribution in [0.3, 0.4) is 0 Å². The minimum atomic E-state index is -3.53. The zero-order valence-corrected chi connectivity index (χ0v) is 19.2. The molecule has 148 valence electrons. The fourth-order valence-electron chi connectivity index (χ4n) is 2.52. The molecule has 26 heavy (non-hydrogen) atoms. The van der Waals surface area contributed by atoms with Crippen molar-refractivity contribution in [3.63, 3.8) is 0 Å². The number of aromatic nitrogens is 1. The number of rotatable bonds is 7. The van der Waals surface area contributed by atoms with Crippen molar-refractivity contribution in [2.75, 3.05) is 38.5 Å². The number of thioether (sulfide) groups is 1. The van der Waals surface area contributed by atoms with E-state index in [9.17, 15) is 8.42 Å². The van der Waals surface area contributed by atoms with Gasteiger partial charge in [0.1, 0.15) is 4.90 Å². The largest absolute Gasteiger partial charge is 0.357 e. The average molecular weight is 513 g/mol. The Morgan fingerprint density at radius 2 is 2.27 bits per heavy atom. The molecule has 1 aliphatic rings. The molecule has 2 N–H and O–H groups in total. The molecule has 1 aliphatic heterocycles. The summed E-state index contributed by atoms with van der Waals surface area (Å²) in [4.78, 5) is 10.9. The Morgan fingerprint density at radius 1 is 1.46 bits per heavy atom. The number of nitrogens with zero attached hydrogens (tertiary/aromatic N) is 3. The highest BCUT2D eigenvalue weighted by atomic mass is 127. The molecule has 1 aromatic heterocycles.